The fraction of sp³-hybridized carbons (Fsp3) is 0.450. The highest BCUT2D eigenvalue weighted by Crippen LogP contribution is 2.20. The molecule has 0 aliphatic heterocycles. The largest absolute Gasteiger partial charge is 0.444 e. The van der Waals surface area contributed by atoms with Crippen LogP contribution in [0.1, 0.15) is 41.0 Å². The van der Waals surface area contributed by atoms with Crippen molar-refractivity contribution < 1.29 is 23.5 Å². The van der Waals surface area contributed by atoms with Crippen LogP contribution < -0.4 is 15.7 Å². The van der Waals surface area contributed by atoms with Gasteiger partial charge in [0.15, 0.2) is 0 Å². The van der Waals surface area contributed by atoms with Crippen LogP contribution >= 0.6 is 0 Å². The standard InChI is InChI=1S/C20H25NO6/c1-12(2)10-15(21-19(24)27-20(3,4)5)18(23)25-14-8-6-13-7-9-17(22)26-16(13)11-14/h6-9,11-12,15H,10H2,1-5H3,(H,21,24)/t15-/m0/s1. The van der Waals surface area contributed by atoms with Crippen LogP contribution in [-0.2, 0) is 9.53 Å². The Morgan fingerprint density at radius 2 is 1.81 bits per heavy atom. The van der Waals surface area contributed by atoms with Crippen molar-refractivity contribution in [3.63, 3.8) is 0 Å². The van der Waals surface area contributed by atoms with Crippen molar-refractivity contribution in [1.29, 1.82) is 0 Å². The Hall–Kier alpha value is -2.83. The quantitative estimate of drug-likeness (QED) is 0.487. The Morgan fingerprint density at radius 3 is 2.44 bits per heavy atom. The van der Waals surface area contributed by atoms with Crippen molar-refractivity contribution in [1.82, 2.24) is 5.32 Å². The molecule has 1 heterocycles. The van der Waals surface area contributed by atoms with Crippen molar-refractivity contribution in [2.75, 3.05) is 0 Å². The molecule has 0 saturated carbocycles. The summed E-state index contributed by atoms with van der Waals surface area (Å²) in [5.41, 5.74) is -0.852. The molecular weight excluding hydrogens is 350 g/mol. The van der Waals surface area contributed by atoms with E-state index >= 15 is 0 Å². The first-order valence-electron chi connectivity index (χ1n) is 8.78. The van der Waals surface area contributed by atoms with Gasteiger partial charge in [0.05, 0.1) is 0 Å². The highest BCUT2D eigenvalue weighted by Gasteiger charge is 2.26. The van der Waals surface area contributed by atoms with Crippen LogP contribution in [0.5, 0.6) is 5.75 Å². The number of amides is 1. The molecular formula is C20H25NO6. The molecule has 1 N–H and O–H groups in total. The van der Waals surface area contributed by atoms with Gasteiger partial charge in [-0.1, -0.05) is 13.8 Å². The second-order valence-electron chi connectivity index (χ2n) is 7.70. The van der Waals surface area contributed by atoms with E-state index in [0.717, 1.165) is 0 Å². The van der Waals surface area contributed by atoms with Gasteiger partial charge >= 0.3 is 17.7 Å². The summed E-state index contributed by atoms with van der Waals surface area (Å²) in [6.07, 6.45) is -0.296. The van der Waals surface area contributed by atoms with E-state index in [1.165, 1.54) is 12.1 Å². The third-order valence-corrected chi connectivity index (χ3v) is 3.50. The van der Waals surface area contributed by atoms with Gasteiger partial charge in [-0.25, -0.2) is 14.4 Å². The minimum atomic E-state index is -0.863. The second-order valence-corrected chi connectivity index (χ2v) is 7.70. The summed E-state index contributed by atoms with van der Waals surface area (Å²) in [7, 11) is 0. The van der Waals surface area contributed by atoms with E-state index in [0.29, 0.717) is 17.4 Å². The van der Waals surface area contributed by atoms with E-state index in [9.17, 15) is 14.4 Å². The Labute approximate surface area is 157 Å². The summed E-state index contributed by atoms with van der Waals surface area (Å²) < 4.78 is 15.7. The molecule has 0 bridgehead atoms. The zero-order valence-corrected chi connectivity index (χ0v) is 16.2. The number of hydrogen-bond acceptors (Lipinski definition) is 6. The van der Waals surface area contributed by atoms with Crippen LogP contribution in [0.15, 0.2) is 39.5 Å². The first-order chi connectivity index (χ1) is 12.5. The number of rotatable bonds is 5. The van der Waals surface area contributed by atoms with E-state index < -0.39 is 29.3 Å². The summed E-state index contributed by atoms with van der Waals surface area (Å²) in [6, 6.07) is 6.82. The molecule has 27 heavy (non-hydrogen) atoms. The molecule has 0 unspecified atom stereocenters. The number of benzene rings is 1. The molecule has 7 heteroatoms. The lowest BCUT2D eigenvalue weighted by atomic mass is 10.0. The Morgan fingerprint density at radius 1 is 1.15 bits per heavy atom. The molecule has 1 amide bonds. The van der Waals surface area contributed by atoms with Crippen molar-refractivity contribution in [2.45, 2.75) is 52.7 Å². The van der Waals surface area contributed by atoms with Gasteiger partial charge in [-0.2, -0.15) is 0 Å². The van der Waals surface area contributed by atoms with Crippen molar-refractivity contribution in [3.05, 3.63) is 40.8 Å². The summed E-state index contributed by atoms with van der Waals surface area (Å²) in [5.74, 6) is -0.249. The van der Waals surface area contributed by atoms with Crippen LogP contribution in [0, 0.1) is 5.92 Å². The number of fused-ring (bicyclic) bond motifs is 1. The molecule has 0 aliphatic carbocycles. The number of hydrogen-bond donors (Lipinski definition) is 1. The second kappa shape index (κ2) is 8.24. The van der Waals surface area contributed by atoms with Gasteiger partial charge in [0.25, 0.3) is 0 Å². The molecule has 0 saturated heterocycles. The molecule has 1 atom stereocenters. The highest BCUT2D eigenvalue weighted by atomic mass is 16.6. The zero-order valence-electron chi connectivity index (χ0n) is 16.2. The van der Waals surface area contributed by atoms with Gasteiger partial charge in [-0.05, 0) is 51.3 Å². The van der Waals surface area contributed by atoms with Crippen LogP contribution in [-0.4, -0.2) is 23.7 Å². The third-order valence-electron chi connectivity index (χ3n) is 3.50. The predicted octanol–water partition coefficient (Wildman–Crippen LogP) is 3.64. The Kier molecular flexibility index (Phi) is 6.25. The lowest BCUT2D eigenvalue weighted by molar-refractivity contribution is -0.137. The Bertz CT molecular complexity index is 878. The van der Waals surface area contributed by atoms with E-state index in [1.54, 1.807) is 39.0 Å². The number of esters is 1. The molecule has 0 spiro atoms. The van der Waals surface area contributed by atoms with Gasteiger partial charge in [0, 0.05) is 17.5 Å². The molecule has 2 aromatic rings. The summed E-state index contributed by atoms with van der Waals surface area (Å²) in [4.78, 5) is 35.9. The van der Waals surface area contributed by atoms with Gasteiger partial charge in [-0.3, -0.25) is 0 Å². The first kappa shape index (κ1) is 20.5. The molecule has 0 aliphatic rings. The van der Waals surface area contributed by atoms with Crippen molar-refractivity contribution in [2.24, 2.45) is 5.92 Å². The number of alkyl carbamates (subject to hydrolysis) is 1. The molecule has 7 nitrogen and oxygen atoms in total. The summed E-state index contributed by atoms with van der Waals surface area (Å²) in [6.45, 7) is 9.09. The number of carbonyl (C=O) groups is 2. The highest BCUT2D eigenvalue weighted by molar-refractivity contribution is 5.84. The van der Waals surface area contributed by atoms with Gasteiger partial charge in [0.2, 0.25) is 0 Å². The molecule has 0 radical (unpaired) electrons. The lowest BCUT2D eigenvalue weighted by Crippen LogP contribution is -2.45. The van der Waals surface area contributed by atoms with Crippen molar-refractivity contribution >= 4 is 23.0 Å². The van der Waals surface area contributed by atoms with Crippen molar-refractivity contribution in [3.8, 4) is 5.75 Å². The first-order valence-corrected chi connectivity index (χ1v) is 8.78. The average Bonchev–Trinajstić information content (AvgIpc) is 2.51. The fourth-order valence-electron chi connectivity index (χ4n) is 2.43. The van der Waals surface area contributed by atoms with Crippen LogP contribution in [0.4, 0.5) is 4.79 Å². The normalized spacial score (nSPS) is 12.7. The van der Waals surface area contributed by atoms with Crippen LogP contribution in [0.3, 0.4) is 0 Å². The SMILES string of the molecule is CC(C)C[C@H](NC(=O)OC(C)(C)C)C(=O)Oc1ccc2ccc(=O)oc2c1. The average molecular weight is 375 g/mol. The lowest BCUT2D eigenvalue weighted by Gasteiger charge is -2.23. The molecule has 1 aromatic heterocycles. The maximum atomic E-state index is 12.6. The maximum absolute atomic E-state index is 12.6. The minimum absolute atomic E-state index is 0.145. The van der Waals surface area contributed by atoms with Gasteiger partial charge in [0.1, 0.15) is 23.0 Å². The predicted molar refractivity (Wildman–Crippen MR) is 101 cm³/mol. The summed E-state index contributed by atoms with van der Waals surface area (Å²) in [5, 5.41) is 3.27. The van der Waals surface area contributed by atoms with Gasteiger partial charge < -0.3 is 19.2 Å². The topological polar surface area (TPSA) is 94.8 Å². The fourth-order valence-corrected chi connectivity index (χ4v) is 2.43. The molecule has 0 fully saturated rings. The van der Waals surface area contributed by atoms with E-state index in [-0.39, 0.29) is 11.7 Å². The molecule has 1 aromatic carbocycles. The summed E-state index contributed by atoms with van der Waals surface area (Å²) >= 11 is 0. The smallest absolute Gasteiger partial charge is 0.408 e. The zero-order chi connectivity index (χ0) is 20.2. The van der Waals surface area contributed by atoms with Crippen LogP contribution in [0.2, 0.25) is 0 Å². The minimum Gasteiger partial charge on any atom is -0.444 e. The number of ether oxygens (including phenoxy) is 2. The van der Waals surface area contributed by atoms with E-state index in [2.05, 4.69) is 5.32 Å². The van der Waals surface area contributed by atoms with Gasteiger partial charge in [-0.15, -0.1) is 0 Å². The monoisotopic (exact) mass is 375 g/mol. The van der Waals surface area contributed by atoms with Crippen LogP contribution in [0.25, 0.3) is 11.0 Å². The van der Waals surface area contributed by atoms with E-state index in [4.69, 9.17) is 13.9 Å². The van der Waals surface area contributed by atoms with E-state index in [1.807, 2.05) is 13.8 Å². The Balaban J connectivity index is 2.15. The third kappa shape index (κ3) is 6.44. The molecule has 2 rings (SSSR count). The molecule has 146 valence electrons. The number of nitrogens with one attached hydrogen (secondary N) is 1. The maximum Gasteiger partial charge on any atom is 0.408 e. The number of carbonyl (C=O) groups excluding carboxylic acids is 2.